The second-order valence-electron chi connectivity index (χ2n) is 12.4. The first kappa shape index (κ1) is 25.1. The van der Waals surface area contributed by atoms with Crippen LogP contribution in [0.3, 0.4) is 0 Å². The number of allylic oxidation sites excluding steroid dienone is 14. The zero-order valence-electron chi connectivity index (χ0n) is 24.6. The second kappa shape index (κ2) is 9.63. The summed E-state index contributed by atoms with van der Waals surface area (Å²) in [6.07, 6.45) is 18.9. The van der Waals surface area contributed by atoms with E-state index in [2.05, 4.69) is 158 Å². The molecule has 0 fully saturated rings. The van der Waals surface area contributed by atoms with Crippen molar-refractivity contribution in [1.82, 2.24) is 0 Å². The minimum absolute atomic E-state index is 0.327. The van der Waals surface area contributed by atoms with E-state index in [1.54, 1.807) is 0 Å². The summed E-state index contributed by atoms with van der Waals surface area (Å²) in [5, 5.41) is 5.28. The molecule has 2 atom stereocenters. The van der Waals surface area contributed by atoms with E-state index in [9.17, 15) is 0 Å². The summed E-state index contributed by atoms with van der Waals surface area (Å²) in [6, 6.07) is 40.3. The van der Waals surface area contributed by atoms with Gasteiger partial charge in [-0.25, -0.2) is 0 Å². The van der Waals surface area contributed by atoms with Crippen LogP contribution in [0.5, 0.6) is 0 Å². The molecule has 0 radical (unpaired) electrons. The normalized spacial score (nSPS) is 19.8. The van der Waals surface area contributed by atoms with Crippen LogP contribution in [0.2, 0.25) is 0 Å². The number of thiophene rings is 1. The molecule has 6 aromatic rings. The molecule has 0 bridgehead atoms. The first-order valence-electron chi connectivity index (χ1n) is 15.7. The zero-order chi connectivity index (χ0) is 29.5. The highest BCUT2D eigenvalue weighted by Crippen LogP contribution is 2.54. The van der Waals surface area contributed by atoms with Gasteiger partial charge in [-0.1, -0.05) is 140 Å². The lowest BCUT2D eigenvalue weighted by molar-refractivity contribution is 0.569. The Bertz CT molecular complexity index is 2460. The Hall–Kier alpha value is -5.24. The Kier molecular flexibility index (Phi) is 5.38. The lowest BCUT2D eigenvalue weighted by atomic mass is 9.61. The van der Waals surface area contributed by atoms with Crippen LogP contribution < -0.4 is 0 Å². The van der Waals surface area contributed by atoms with E-state index in [1.165, 1.54) is 86.6 Å². The molecular weight excluding hydrogens is 561 g/mol. The highest BCUT2D eigenvalue weighted by atomic mass is 32.1. The van der Waals surface area contributed by atoms with E-state index >= 15 is 0 Å². The third kappa shape index (κ3) is 3.78. The molecular formula is C44H28S. The Labute approximate surface area is 266 Å². The van der Waals surface area contributed by atoms with Gasteiger partial charge in [0.1, 0.15) is 0 Å². The van der Waals surface area contributed by atoms with Crippen molar-refractivity contribution < 1.29 is 0 Å². The molecule has 0 nitrogen and oxygen atoms in total. The van der Waals surface area contributed by atoms with Crippen LogP contribution in [0.15, 0.2) is 180 Å². The minimum Gasteiger partial charge on any atom is -0.135 e. The fraction of sp³-hybridized carbons (Fsp3) is 0.0455. The van der Waals surface area contributed by atoms with Gasteiger partial charge >= 0.3 is 0 Å². The van der Waals surface area contributed by atoms with Crippen molar-refractivity contribution in [3.63, 3.8) is 0 Å². The van der Waals surface area contributed by atoms with Crippen molar-refractivity contribution in [2.45, 2.75) is 0 Å². The number of benzene rings is 5. The van der Waals surface area contributed by atoms with Gasteiger partial charge in [-0.2, -0.15) is 0 Å². The molecule has 1 heteroatoms. The summed E-state index contributed by atoms with van der Waals surface area (Å²) >= 11 is 1.88. The first-order chi connectivity index (χ1) is 22.3. The van der Waals surface area contributed by atoms with Crippen LogP contribution in [0.1, 0.15) is 11.1 Å². The lowest BCUT2D eigenvalue weighted by Gasteiger charge is -2.42. The van der Waals surface area contributed by atoms with Crippen LogP contribution in [0.4, 0.5) is 0 Å². The van der Waals surface area contributed by atoms with E-state index in [4.69, 9.17) is 0 Å². The summed E-state index contributed by atoms with van der Waals surface area (Å²) in [6.45, 7) is 0. The van der Waals surface area contributed by atoms with Gasteiger partial charge in [-0.3, -0.25) is 0 Å². The maximum absolute atomic E-state index is 2.41. The van der Waals surface area contributed by atoms with Crippen LogP contribution in [0.25, 0.3) is 53.2 Å². The molecule has 1 aromatic heterocycles. The average molecular weight is 589 g/mol. The van der Waals surface area contributed by atoms with Gasteiger partial charge in [0, 0.05) is 32.0 Å². The smallest absolute Gasteiger partial charge is 0.0355 e. The molecule has 4 aliphatic carbocycles. The average Bonchev–Trinajstić information content (AvgIpc) is 3.48. The van der Waals surface area contributed by atoms with E-state index in [1.807, 2.05) is 11.3 Å². The molecule has 0 aliphatic heterocycles. The van der Waals surface area contributed by atoms with Crippen molar-refractivity contribution in [3.8, 4) is 11.1 Å². The lowest BCUT2D eigenvalue weighted by Crippen LogP contribution is -2.30. The van der Waals surface area contributed by atoms with Gasteiger partial charge in [0.15, 0.2) is 0 Å². The van der Waals surface area contributed by atoms with Gasteiger partial charge in [-0.05, 0) is 84.7 Å². The quantitative estimate of drug-likeness (QED) is 0.193. The number of fused-ring (bicyclic) bond motifs is 4. The van der Waals surface area contributed by atoms with E-state index in [0.29, 0.717) is 11.8 Å². The van der Waals surface area contributed by atoms with Crippen LogP contribution in [-0.2, 0) is 0 Å². The maximum Gasteiger partial charge on any atom is 0.0355 e. The predicted molar refractivity (Wildman–Crippen MR) is 193 cm³/mol. The number of hydrogen-bond donors (Lipinski definition) is 0. The van der Waals surface area contributed by atoms with Gasteiger partial charge in [0.05, 0.1) is 0 Å². The first-order valence-corrected chi connectivity index (χ1v) is 16.6. The Morgan fingerprint density at radius 2 is 1.18 bits per heavy atom. The highest BCUT2D eigenvalue weighted by Gasteiger charge is 2.40. The molecule has 210 valence electrons. The summed E-state index contributed by atoms with van der Waals surface area (Å²) in [7, 11) is 0. The summed E-state index contributed by atoms with van der Waals surface area (Å²) < 4.78 is 2.71. The fourth-order valence-corrected chi connectivity index (χ4v) is 9.09. The zero-order valence-corrected chi connectivity index (χ0v) is 25.4. The van der Waals surface area contributed by atoms with E-state index in [-0.39, 0.29) is 0 Å². The molecule has 4 aliphatic rings. The molecule has 45 heavy (non-hydrogen) atoms. The van der Waals surface area contributed by atoms with E-state index < -0.39 is 0 Å². The van der Waals surface area contributed by atoms with Crippen molar-refractivity contribution in [1.29, 1.82) is 0 Å². The molecule has 0 amide bonds. The topological polar surface area (TPSA) is 0 Å². The minimum atomic E-state index is 0.327. The van der Waals surface area contributed by atoms with Crippen LogP contribution in [0, 0.1) is 11.8 Å². The third-order valence-electron chi connectivity index (χ3n) is 10.1. The summed E-state index contributed by atoms with van der Waals surface area (Å²) in [4.78, 5) is 0. The molecule has 0 saturated carbocycles. The maximum atomic E-state index is 2.41. The Balaban J connectivity index is 1.04. The van der Waals surface area contributed by atoms with Gasteiger partial charge in [-0.15, -0.1) is 11.3 Å². The SMILES string of the molecule is C1=CC2=C(c3ccc(-c4cccc5ccccc45)cc3)C=CC3=CC=C4C(c5ccc6sc7ccccc7c6c5)=CC=C1C4C32. The standard InChI is InChI=1S/C44H28S/c1-2-8-33-27(6-1)7-5-10-34(33)28-12-14-29(15-13-28)35-21-16-30-19-24-39-36(22-17-31-18-23-38(35)43(30)44(31)39)32-20-25-42-40(26-32)37-9-3-4-11-41(37)45-42/h1-26,43-44H. The van der Waals surface area contributed by atoms with Crippen molar-refractivity contribution in [2.24, 2.45) is 11.8 Å². The van der Waals surface area contributed by atoms with Gasteiger partial charge in [0.2, 0.25) is 0 Å². The summed E-state index contributed by atoms with van der Waals surface area (Å²) in [5.74, 6) is 0.656. The van der Waals surface area contributed by atoms with Crippen molar-refractivity contribution in [2.75, 3.05) is 0 Å². The van der Waals surface area contributed by atoms with Crippen LogP contribution >= 0.6 is 11.3 Å². The van der Waals surface area contributed by atoms with E-state index in [0.717, 1.165) is 0 Å². The monoisotopic (exact) mass is 588 g/mol. The largest absolute Gasteiger partial charge is 0.135 e. The highest BCUT2D eigenvalue weighted by molar-refractivity contribution is 7.25. The van der Waals surface area contributed by atoms with Crippen molar-refractivity contribution in [3.05, 3.63) is 191 Å². The second-order valence-corrected chi connectivity index (χ2v) is 13.5. The summed E-state index contributed by atoms with van der Waals surface area (Å²) in [5.41, 5.74) is 13.5. The van der Waals surface area contributed by atoms with Crippen LogP contribution in [-0.4, -0.2) is 0 Å². The fourth-order valence-electron chi connectivity index (χ4n) is 8.00. The molecule has 0 spiro atoms. The predicted octanol–water partition coefficient (Wildman–Crippen LogP) is 11.9. The molecule has 10 rings (SSSR count). The van der Waals surface area contributed by atoms with Gasteiger partial charge in [0.25, 0.3) is 0 Å². The molecule has 0 N–H and O–H groups in total. The number of hydrogen-bond acceptors (Lipinski definition) is 1. The Morgan fingerprint density at radius 1 is 0.467 bits per heavy atom. The third-order valence-corrected chi connectivity index (χ3v) is 11.3. The molecule has 2 unspecified atom stereocenters. The molecule has 1 heterocycles. The van der Waals surface area contributed by atoms with Gasteiger partial charge < -0.3 is 0 Å². The Morgan fingerprint density at radius 3 is 2.11 bits per heavy atom. The molecule has 5 aromatic carbocycles. The molecule has 0 saturated heterocycles. The van der Waals surface area contributed by atoms with Crippen molar-refractivity contribution >= 4 is 53.4 Å². The number of rotatable bonds is 3.